The number of unbranched alkanes of at least 4 members (excludes halogenated alkanes) is 24. The quantitative estimate of drug-likeness (QED) is 0.0262. The van der Waals surface area contributed by atoms with Crippen LogP contribution in [0.25, 0.3) is 0 Å². The van der Waals surface area contributed by atoms with Crippen molar-refractivity contribution in [2.24, 2.45) is 0 Å². The molecular weight excluding hydrogens is 853 g/mol. The maximum Gasteiger partial charge on any atom is 0.306 e. The second-order valence-corrected chi connectivity index (χ2v) is 18.8. The van der Waals surface area contributed by atoms with E-state index in [1.54, 1.807) is 0 Å². The van der Waals surface area contributed by atoms with Gasteiger partial charge in [0.15, 0.2) is 6.10 Å². The maximum absolute atomic E-state index is 12.8. The van der Waals surface area contributed by atoms with Crippen LogP contribution in [0.5, 0.6) is 0 Å². The van der Waals surface area contributed by atoms with Gasteiger partial charge < -0.3 is 14.2 Å². The molecule has 0 rings (SSSR count). The molecule has 0 aromatic heterocycles. The third kappa shape index (κ3) is 55.1. The van der Waals surface area contributed by atoms with E-state index in [1.165, 1.54) is 122 Å². The van der Waals surface area contributed by atoms with Crippen molar-refractivity contribution in [2.75, 3.05) is 13.2 Å². The molecule has 1 atom stereocenters. The van der Waals surface area contributed by atoms with Crippen LogP contribution >= 0.6 is 0 Å². The number of allylic oxidation sites excluding steroid dienone is 16. The monoisotopic (exact) mass is 959 g/mol. The Morgan fingerprint density at radius 1 is 0.304 bits per heavy atom. The predicted octanol–water partition coefficient (Wildman–Crippen LogP) is 19.3. The zero-order chi connectivity index (χ0) is 50.0. The summed E-state index contributed by atoms with van der Waals surface area (Å²) >= 11 is 0. The predicted molar refractivity (Wildman–Crippen MR) is 297 cm³/mol. The van der Waals surface area contributed by atoms with Crippen LogP contribution in [-0.4, -0.2) is 37.2 Å². The molecule has 0 aliphatic rings. The lowest BCUT2D eigenvalue weighted by molar-refractivity contribution is -0.166. The van der Waals surface area contributed by atoms with Crippen LogP contribution in [0, 0.1) is 0 Å². The Kier molecular flexibility index (Phi) is 53.9. The highest BCUT2D eigenvalue weighted by atomic mass is 16.6. The fraction of sp³-hybridized carbons (Fsp3) is 0.698. The number of carbonyl (C=O) groups excluding carboxylic acids is 3. The SMILES string of the molecule is CC/C=C\C/C=C\C/C=C\C/C=C\CCC(=O)OCC(COC(=O)CCCCCCCCCCCCC/C=C\C/C=C\CCCCCCC)OC(=O)CCCCCCC/C=C\C/C=C\CCCCC. The normalized spacial score (nSPS) is 12.8. The van der Waals surface area contributed by atoms with Crippen LogP contribution in [0.4, 0.5) is 0 Å². The van der Waals surface area contributed by atoms with E-state index in [2.05, 4.69) is 112 Å². The largest absolute Gasteiger partial charge is 0.462 e. The fourth-order valence-corrected chi connectivity index (χ4v) is 7.75. The third-order valence-electron chi connectivity index (χ3n) is 12.1. The first kappa shape index (κ1) is 65.3. The molecule has 0 spiro atoms. The first-order valence-electron chi connectivity index (χ1n) is 28.7. The summed E-state index contributed by atoms with van der Waals surface area (Å²) in [5.74, 6) is -1.01. The van der Waals surface area contributed by atoms with E-state index in [4.69, 9.17) is 14.2 Å². The average molecular weight is 960 g/mol. The van der Waals surface area contributed by atoms with Gasteiger partial charge in [-0.3, -0.25) is 14.4 Å². The van der Waals surface area contributed by atoms with E-state index in [0.717, 1.165) is 96.3 Å². The summed E-state index contributed by atoms with van der Waals surface area (Å²) < 4.78 is 16.8. The molecule has 0 N–H and O–H groups in total. The van der Waals surface area contributed by atoms with E-state index in [9.17, 15) is 14.4 Å². The molecule has 0 aliphatic heterocycles. The van der Waals surface area contributed by atoms with Crippen LogP contribution in [0.15, 0.2) is 97.2 Å². The van der Waals surface area contributed by atoms with Gasteiger partial charge in [-0.1, -0.05) is 234 Å². The maximum atomic E-state index is 12.8. The van der Waals surface area contributed by atoms with Crippen molar-refractivity contribution in [3.05, 3.63) is 97.2 Å². The Bertz CT molecular complexity index is 1380. The van der Waals surface area contributed by atoms with Gasteiger partial charge in [-0.05, 0) is 109 Å². The number of carbonyl (C=O) groups is 3. The molecular formula is C63H106O6. The van der Waals surface area contributed by atoms with Crippen molar-refractivity contribution >= 4 is 17.9 Å². The molecule has 0 aliphatic carbocycles. The molecule has 394 valence electrons. The molecule has 0 amide bonds. The van der Waals surface area contributed by atoms with E-state index in [-0.39, 0.29) is 37.5 Å². The Balaban J connectivity index is 4.39. The molecule has 0 fully saturated rings. The van der Waals surface area contributed by atoms with Crippen LogP contribution in [-0.2, 0) is 28.6 Å². The van der Waals surface area contributed by atoms with E-state index in [1.807, 2.05) is 6.08 Å². The van der Waals surface area contributed by atoms with Gasteiger partial charge in [0.05, 0.1) is 0 Å². The smallest absolute Gasteiger partial charge is 0.306 e. The number of esters is 3. The van der Waals surface area contributed by atoms with E-state index in [0.29, 0.717) is 19.3 Å². The van der Waals surface area contributed by atoms with Crippen molar-refractivity contribution < 1.29 is 28.6 Å². The Morgan fingerprint density at radius 3 is 1.00 bits per heavy atom. The third-order valence-corrected chi connectivity index (χ3v) is 12.1. The van der Waals surface area contributed by atoms with Crippen LogP contribution in [0.3, 0.4) is 0 Å². The minimum Gasteiger partial charge on any atom is -0.462 e. The Morgan fingerprint density at radius 2 is 0.594 bits per heavy atom. The molecule has 6 heteroatoms. The summed E-state index contributed by atoms with van der Waals surface area (Å²) in [6.07, 6.45) is 75.6. The summed E-state index contributed by atoms with van der Waals surface area (Å²) in [6, 6.07) is 0. The lowest BCUT2D eigenvalue weighted by Crippen LogP contribution is -2.30. The second-order valence-electron chi connectivity index (χ2n) is 18.8. The summed E-state index contributed by atoms with van der Waals surface area (Å²) in [4.78, 5) is 38.1. The van der Waals surface area contributed by atoms with Crippen LogP contribution in [0.2, 0.25) is 0 Å². The molecule has 0 radical (unpaired) electrons. The van der Waals surface area contributed by atoms with Crippen molar-refractivity contribution in [3.8, 4) is 0 Å². The highest BCUT2D eigenvalue weighted by molar-refractivity contribution is 5.71. The van der Waals surface area contributed by atoms with E-state index >= 15 is 0 Å². The zero-order valence-corrected chi connectivity index (χ0v) is 45.0. The Labute approximate surface area is 426 Å². The van der Waals surface area contributed by atoms with Gasteiger partial charge in [-0.25, -0.2) is 0 Å². The Hall–Kier alpha value is -3.67. The first-order valence-corrected chi connectivity index (χ1v) is 28.7. The van der Waals surface area contributed by atoms with Gasteiger partial charge in [-0.2, -0.15) is 0 Å². The molecule has 0 saturated heterocycles. The van der Waals surface area contributed by atoms with Crippen LogP contribution < -0.4 is 0 Å². The number of hydrogen-bond acceptors (Lipinski definition) is 6. The van der Waals surface area contributed by atoms with Gasteiger partial charge in [-0.15, -0.1) is 0 Å². The number of rotatable bonds is 51. The summed E-state index contributed by atoms with van der Waals surface area (Å²) in [5, 5.41) is 0. The lowest BCUT2D eigenvalue weighted by Gasteiger charge is -2.18. The van der Waals surface area contributed by atoms with Gasteiger partial charge in [0, 0.05) is 19.3 Å². The molecule has 0 aromatic rings. The van der Waals surface area contributed by atoms with Crippen molar-refractivity contribution in [1.82, 2.24) is 0 Å². The van der Waals surface area contributed by atoms with Gasteiger partial charge in [0.25, 0.3) is 0 Å². The molecule has 1 unspecified atom stereocenters. The van der Waals surface area contributed by atoms with Gasteiger partial charge in [0.2, 0.25) is 0 Å². The molecule has 69 heavy (non-hydrogen) atoms. The summed E-state index contributed by atoms with van der Waals surface area (Å²) in [6.45, 7) is 6.41. The summed E-state index contributed by atoms with van der Waals surface area (Å²) in [5.41, 5.74) is 0. The number of ether oxygens (including phenoxy) is 3. The molecule has 0 aromatic carbocycles. The zero-order valence-electron chi connectivity index (χ0n) is 45.0. The molecule has 0 heterocycles. The first-order chi connectivity index (χ1) is 34.0. The minimum absolute atomic E-state index is 0.107. The standard InChI is InChI=1S/C63H106O6/c1-4-7-10-13-16-19-22-25-27-28-29-30-31-32-33-34-36-38-41-44-47-50-53-56-62(65)68-59-60(58-67-61(64)55-52-49-46-43-40-37-24-21-18-15-12-9-6-3)69-63(66)57-54-51-48-45-42-39-35-26-23-20-17-14-11-8-5-2/h9,12,17-18,20-22,25-26,28-29,35,37,40,46,49,60H,4-8,10-11,13-16,19,23-24,27,30-34,36,38-39,41-45,47-48,50-59H2,1-3H3/b12-9-,20-17-,21-18-,25-22-,29-28-,35-26-,40-37-,49-46-. The fourth-order valence-electron chi connectivity index (χ4n) is 7.75. The van der Waals surface area contributed by atoms with Crippen LogP contribution in [0.1, 0.15) is 265 Å². The van der Waals surface area contributed by atoms with E-state index < -0.39 is 6.10 Å². The second kappa shape index (κ2) is 56.9. The molecule has 0 saturated carbocycles. The minimum atomic E-state index is -0.815. The highest BCUT2D eigenvalue weighted by Gasteiger charge is 2.19. The van der Waals surface area contributed by atoms with Crippen molar-refractivity contribution in [3.63, 3.8) is 0 Å². The average Bonchev–Trinajstić information content (AvgIpc) is 3.35. The van der Waals surface area contributed by atoms with Gasteiger partial charge in [0.1, 0.15) is 13.2 Å². The molecule has 6 nitrogen and oxygen atoms in total. The summed E-state index contributed by atoms with van der Waals surface area (Å²) in [7, 11) is 0. The topological polar surface area (TPSA) is 78.9 Å². The highest BCUT2D eigenvalue weighted by Crippen LogP contribution is 2.15. The lowest BCUT2D eigenvalue weighted by atomic mass is 10.0. The van der Waals surface area contributed by atoms with Crippen molar-refractivity contribution in [2.45, 2.75) is 271 Å². The number of hydrogen-bond donors (Lipinski definition) is 0. The van der Waals surface area contributed by atoms with Gasteiger partial charge >= 0.3 is 17.9 Å². The molecule has 0 bridgehead atoms. The van der Waals surface area contributed by atoms with Crippen molar-refractivity contribution in [1.29, 1.82) is 0 Å².